The van der Waals surface area contributed by atoms with Crippen LogP contribution in [0.5, 0.6) is 0 Å². The van der Waals surface area contributed by atoms with Gasteiger partial charge in [-0.2, -0.15) is 13.2 Å². The van der Waals surface area contributed by atoms with E-state index in [1.807, 2.05) is 24.3 Å². The Kier molecular flexibility index (Phi) is 6.40. The topological polar surface area (TPSA) is 35.2 Å². The summed E-state index contributed by atoms with van der Waals surface area (Å²) in [6.07, 6.45) is -4.94. The molecule has 0 spiro atoms. The summed E-state index contributed by atoms with van der Waals surface area (Å²) in [7, 11) is 0. The molecule has 2 N–H and O–H groups in total. The summed E-state index contributed by atoms with van der Waals surface area (Å²) in [5, 5.41) is 0. The molecule has 0 saturated carbocycles. The van der Waals surface area contributed by atoms with E-state index >= 15 is 0 Å². The van der Waals surface area contributed by atoms with Crippen molar-refractivity contribution in [1.82, 2.24) is 0 Å². The Hall–Kier alpha value is -1.51. The second kappa shape index (κ2) is 7.82. The van der Waals surface area contributed by atoms with Gasteiger partial charge in [0.1, 0.15) is 0 Å². The number of rotatable bonds is 5. The summed E-state index contributed by atoms with van der Waals surface area (Å²) in [4.78, 5) is 0. The first-order chi connectivity index (χ1) is 9.01. The van der Waals surface area contributed by atoms with Gasteiger partial charge in [0.25, 0.3) is 0 Å². The lowest BCUT2D eigenvalue weighted by Gasteiger charge is -2.07. The predicted molar refractivity (Wildman–Crippen MR) is 67.3 cm³/mol. The highest BCUT2D eigenvalue weighted by molar-refractivity contribution is 5.37. The van der Waals surface area contributed by atoms with Crippen LogP contribution in [0.1, 0.15) is 24.0 Å². The molecule has 0 unspecified atom stereocenters. The molecule has 1 rings (SSSR count). The molecular weight excluding hydrogens is 255 g/mol. The van der Waals surface area contributed by atoms with E-state index < -0.39 is 12.6 Å². The van der Waals surface area contributed by atoms with E-state index in [1.54, 1.807) is 0 Å². The first-order valence-electron chi connectivity index (χ1n) is 5.93. The Labute approximate surface area is 110 Å². The number of hydrogen-bond donors (Lipinski definition) is 1. The number of ether oxygens (including phenoxy) is 1. The standard InChI is InChI=1S/C14H16F3NO/c15-14(16,17)7-3-9-19-11-13-5-1-4-12(10-13)6-2-8-18/h1,4-5,10H,3,7-9,11,18H2. The molecule has 5 heteroatoms. The maximum atomic E-state index is 11.9. The smallest absolute Gasteiger partial charge is 0.377 e. The zero-order valence-electron chi connectivity index (χ0n) is 10.5. The van der Waals surface area contributed by atoms with Crippen molar-refractivity contribution in [2.75, 3.05) is 13.2 Å². The fourth-order valence-corrected chi connectivity index (χ4v) is 1.46. The number of alkyl halides is 3. The van der Waals surface area contributed by atoms with Gasteiger partial charge in [0.05, 0.1) is 13.2 Å². The third-order valence-electron chi connectivity index (χ3n) is 2.28. The van der Waals surface area contributed by atoms with Crippen molar-refractivity contribution >= 4 is 0 Å². The lowest BCUT2D eigenvalue weighted by Crippen LogP contribution is -2.08. The summed E-state index contributed by atoms with van der Waals surface area (Å²) in [6, 6.07) is 7.36. The van der Waals surface area contributed by atoms with Gasteiger partial charge < -0.3 is 10.5 Å². The fraction of sp³-hybridized carbons (Fsp3) is 0.429. The van der Waals surface area contributed by atoms with Gasteiger partial charge in [-0.3, -0.25) is 0 Å². The summed E-state index contributed by atoms with van der Waals surface area (Å²) in [5.74, 6) is 5.62. The van der Waals surface area contributed by atoms with Crippen LogP contribution in [0.15, 0.2) is 24.3 Å². The van der Waals surface area contributed by atoms with Crippen LogP contribution in [0, 0.1) is 11.8 Å². The van der Waals surface area contributed by atoms with E-state index in [2.05, 4.69) is 11.8 Å². The van der Waals surface area contributed by atoms with Gasteiger partial charge in [-0.15, -0.1) is 0 Å². The van der Waals surface area contributed by atoms with Crippen molar-refractivity contribution in [2.45, 2.75) is 25.6 Å². The Morgan fingerprint density at radius 1 is 1.26 bits per heavy atom. The molecule has 0 fully saturated rings. The SMILES string of the molecule is NCC#Cc1cccc(COCCCC(F)(F)F)c1. The summed E-state index contributed by atoms with van der Waals surface area (Å²) in [6.45, 7) is 0.673. The molecule has 0 aliphatic rings. The maximum Gasteiger partial charge on any atom is 0.389 e. The normalized spacial score (nSPS) is 10.9. The van der Waals surface area contributed by atoms with E-state index in [0.29, 0.717) is 0 Å². The number of benzene rings is 1. The van der Waals surface area contributed by atoms with E-state index in [9.17, 15) is 13.2 Å². The van der Waals surface area contributed by atoms with Crippen molar-refractivity contribution in [3.8, 4) is 11.8 Å². The molecule has 104 valence electrons. The first-order valence-corrected chi connectivity index (χ1v) is 5.93. The number of hydrogen-bond acceptors (Lipinski definition) is 2. The summed E-state index contributed by atoms with van der Waals surface area (Å²) >= 11 is 0. The molecule has 1 aromatic rings. The summed E-state index contributed by atoms with van der Waals surface area (Å²) in [5.41, 5.74) is 6.98. The molecule has 0 heterocycles. The van der Waals surface area contributed by atoms with Gasteiger partial charge in [0, 0.05) is 18.6 Å². The monoisotopic (exact) mass is 271 g/mol. The maximum absolute atomic E-state index is 11.9. The van der Waals surface area contributed by atoms with Gasteiger partial charge in [0.2, 0.25) is 0 Å². The second-order valence-electron chi connectivity index (χ2n) is 3.98. The Balaban J connectivity index is 2.33. The van der Waals surface area contributed by atoms with Crippen LogP contribution in [0.4, 0.5) is 13.2 Å². The Bertz CT molecular complexity index is 446. The van der Waals surface area contributed by atoms with Crippen molar-refractivity contribution in [2.24, 2.45) is 5.73 Å². The van der Waals surface area contributed by atoms with Crippen LogP contribution in [-0.2, 0) is 11.3 Å². The average Bonchev–Trinajstić information content (AvgIpc) is 2.35. The number of nitrogens with two attached hydrogens (primary N) is 1. The predicted octanol–water partition coefficient (Wildman–Crippen LogP) is 2.86. The largest absolute Gasteiger partial charge is 0.389 e. The molecule has 0 bridgehead atoms. The Morgan fingerprint density at radius 2 is 2.05 bits per heavy atom. The molecule has 0 saturated heterocycles. The van der Waals surface area contributed by atoms with Gasteiger partial charge >= 0.3 is 6.18 Å². The van der Waals surface area contributed by atoms with E-state index in [-0.39, 0.29) is 26.2 Å². The van der Waals surface area contributed by atoms with Crippen LogP contribution in [0.25, 0.3) is 0 Å². The minimum Gasteiger partial charge on any atom is -0.377 e. The van der Waals surface area contributed by atoms with Gasteiger partial charge in [-0.1, -0.05) is 24.0 Å². The highest BCUT2D eigenvalue weighted by Crippen LogP contribution is 2.21. The molecule has 0 aliphatic heterocycles. The first kappa shape index (κ1) is 15.5. The molecule has 0 atom stereocenters. The zero-order valence-corrected chi connectivity index (χ0v) is 10.5. The van der Waals surface area contributed by atoms with Crippen LogP contribution in [0.2, 0.25) is 0 Å². The minimum atomic E-state index is -4.11. The molecule has 1 aromatic carbocycles. The highest BCUT2D eigenvalue weighted by atomic mass is 19.4. The molecule has 0 radical (unpaired) electrons. The fourth-order valence-electron chi connectivity index (χ4n) is 1.46. The van der Waals surface area contributed by atoms with Crippen molar-refractivity contribution in [3.63, 3.8) is 0 Å². The molecule has 19 heavy (non-hydrogen) atoms. The molecule has 0 aromatic heterocycles. The zero-order chi connectivity index (χ0) is 14.1. The van der Waals surface area contributed by atoms with E-state index in [1.165, 1.54) is 0 Å². The molecular formula is C14H16F3NO. The Morgan fingerprint density at radius 3 is 2.74 bits per heavy atom. The lowest BCUT2D eigenvalue weighted by atomic mass is 10.1. The summed E-state index contributed by atoms with van der Waals surface area (Å²) < 4.78 is 40.9. The van der Waals surface area contributed by atoms with Crippen LogP contribution in [-0.4, -0.2) is 19.3 Å². The quantitative estimate of drug-likeness (QED) is 0.660. The van der Waals surface area contributed by atoms with Gasteiger partial charge in [-0.05, 0) is 24.1 Å². The van der Waals surface area contributed by atoms with Crippen molar-refractivity contribution in [3.05, 3.63) is 35.4 Å². The van der Waals surface area contributed by atoms with Gasteiger partial charge in [-0.25, -0.2) is 0 Å². The molecule has 0 amide bonds. The van der Waals surface area contributed by atoms with Gasteiger partial charge in [0.15, 0.2) is 0 Å². The highest BCUT2D eigenvalue weighted by Gasteiger charge is 2.25. The minimum absolute atomic E-state index is 0.0177. The van der Waals surface area contributed by atoms with Crippen LogP contribution < -0.4 is 5.73 Å². The third kappa shape index (κ3) is 7.50. The lowest BCUT2D eigenvalue weighted by molar-refractivity contribution is -0.138. The molecule has 0 aliphatic carbocycles. The van der Waals surface area contributed by atoms with E-state index in [4.69, 9.17) is 10.5 Å². The number of halogens is 3. The third-order valence-corrected chi connectivity index (χ3v) is 2.28. The molecule has 2 nitrogen and oxygen atoms in total. The van der Waals surface area contributed by atoms with Crippen LogP contribution >= 0.6 is 0 Å². The van der Waals surface area contributed by atoms with Crippen LogP contribution in [0.3, 0.4) is 0 Å². The van der Waals surface area contributed by atoms with Crippen molar-refractivity contribution in [1.29, 1.82) is 0 Å². The van der Waals surface area contributed by atoms with Crippen molar-refractivity contribution < 1.29 is 17.9 Å². The van der Waals surface area contributed by atoms with E-state index in [0.717, 1.165) is 11.1 Å². The average molecular weight is 271 g/mol. The second-order valence-corrected chi connectivity index (χ2v) is 3.98.